The molecule has 0 atom stereocenters. The van der Waals surface area contributed by atoms with Crippen LogP contribution in [0.3, 0.4) is 0 Å². The number of amides is 2. The minimum absolute atomic E-state index is 0.0580. The van der Waals surface area contributed by atoms with Gasteiger partial charge in [-0.25, -0.2) is 4.79 Å². The lowest BCUT2D eigenvalue weighted by molar-refractivity contribution is -0.121. The molecule has 1 aromatic carbocycles. The molecule has 0 saturated heterocycles. The van der Waals surface area contributed by atoms with Gasteiger partial charge in [0.1, 0.15) is 5.75 Å². The van der Waals surface area contributed by atoms with Crippen molar-refractivity contribution in [1.29, 1.82) is 0 Å². The first-order chi connectivity index (χ1) is 10.2. The maximum Gasteiger partial charge on any atom is 0.407 e. The number of carbonyl (C=O) groups is 2. The number of ether oxygens (including phenoxy) is 2. The predicted molar refractivity (Wildman–Crippen MR) is 79.2 cm³/mol. The van der Waals surface area contributed by atoms with Crippen molar-refractivity contribution in [2.45, 2.75) is 19.8 Å². The Labute approximate surface area is 124 Å². The molecular formula is C15H22N2O4. The summed E-state index contributed by atoms with van der Waals surface area (Å²) in [6, 6.07) is 9.48. The van der Waals surface area contributed by atoms with E-state index in [0.29, 0.717) is 39.1 Å². The largest absolute Gasteiger partial charge is 0.494 e. The van der Waals surface area contributed by atoms with Crippen molar-refractivity contribution < 1.29 is 19.1 Å². The summed E-state index contributed by atoms with van der Waals surface area (Å²) < 4.78 is 10.2. The summed E-state index contributed by atoms with van der Waals surface area (Å²) in [5.41, 5.74) is 0. The Hall–Kier alpha value is -2.24. The number of hydrogen-bond donors (Lipinski definition) is 2. The zero-order chi connectivity index (χ0) is 15.3. The number of nitrogens with one attached hydrogen (secondary N) is 2. The van der Waals surface area contributed by atoms with Crippen LogP contribution in [0, 0.1) is 0 Å². The highest BCUT2D eigenvalue weighted by atomic mass is 16.5. The van der Waals surface area contributed by atoms with Crippen LogP contribution < -0.4 is 15.4 Å². The number of para-hydroxylation sites is 1. The van der Waals surface area contributed by atoms with E-state index in [9.17, 15) is 9.59 Å². The average Bonchev–Trinajstić information content (AvgIpc) is 2.49. The molecule has 1 rings (SSSR count). The van der Waals surface area contributed by atoms with Crippen LogP contribution in [0.4, 0.5) is 4.79 Å². The molecule has 0 aliphatic carbocycles. The number of benzene rings is 1. The highest BCUT2D eigenvalue weighted by Gasteiger charge is 2.02. The quantitative estimate of drug-likeness (QED) is 0.680. The van der Waals surface area contributed by atoms with Crippen LogP contribution >= 0.6 is 0 Å². The SMILES string of the molecule is CCOC(=O)NCCNC(=O)CCCOc1ccccc1. The second kappa shape index (κ2) is 10.5. The smallest absolute Gasteiger partial charge is 0.407 e. The molecule has 21 heavy (non-hydrogen) atoms. The van der Waals surface area contributed by atoms with Gasteiger partial charge >= 0.3 is 6.09 Å². The third kappa shape index (κ3) is 8.52. The van der Waals surface area contributed by atoms with Gasteiger partial charge in [-0.1, -0.05) is 18.2 Å². The van der Waals surface area contributed by atoms with Crippen LogP contribution in [0.15, 0.2) is 30.3 Å². The van der Waals surface area contributed by atoms with Gasteiger partial charge < -0.3 is 20.1 Å². The molecule has 0 unspecified atom stereocenters. The van der Waals surface area contributed by atoms with E-state index in [0.717, 1.165) is 5.75 Å². The second-order valence-electron chi connectivity index (χ2n) is 4.26. The molecule has 1 aromatic rings. The second-order valence-corrected chi connectivity index (χ2v) is 4.26. The van der Waals surface area contributed by atoms with Gasteiger partial charge in [0, 0.05) is 19.5 Å². The van der Waals surface area contributed by atoms with E-state index in [1.165, 1.54) is 0 Å². The van der Waals surface area contributed by atoms with Gasteiger partial charge in [-0.05, 0) is 25.5 Å². The highest BCUT2D eigenvalue weighted by molar-refractivity contribution is 5.75. The zero-order valence-corrected chi connectivity index (χ0v) is 12.3. The number of rotatable bonds is 9. The molecular weight excluding hydrogens is 272 g/mol. The van der Waals surface area contributed by atoms with E-state index in [1.54, 1.807) is 6.92 Å². The predicted octanol–water partition coefficient (Wildman–Crippen LogP) is 1.71. The molecule has 0 aliphatic rings. The molecule has 0 bridgehead atoms. The lowest BCUT2D eigenvalue weighted by Crippen LogP contribution is -2.35. The molecule has 0 aromatic heterocycles. The number of hydrogen-bond acceptors (Lipinski definition) is 4. The standard InChI is InChI=1S/C15H22N2O4/c1-2-20-15(19)17-11-10-16-14(18)9-6-12-21-13-7-4-3-5-8-13/h3-5,7-8H,2,6,9-12H2,1H3,(H,16,18)(H,17,19). The Morgan fingerprint density at radius 3 is 2.52 bits per heavy atom. The molecule has 2 amide bonds. The van der Waals surface area contributed by atoms with E-state index >= 15 is 0 Å². The Morgan fingerprint density at radius 1 is 1.10 bits per heavy atom. The van der Waals surface area contributed by atoms with Gasteiger partial charge in [-0.2, -0.15) is 0 Å². The highest BCUT2D eigenvalue weighted by Crippen LogP contribution is 2.08. The van der Waals surface area contributed by atoms with Crippen molar-refractivity contribution in [2.75, 3.05) is 26.3 Å². The van der Waals surface area contributed by atoms with Crippen molar-refractivity contribution >= 4 is 12.0 Å². The van der Waals surface area contributed by atoms with Gasteiger partial charge in [-0.3, -0.25) is 4.79 Å². The topological polar surface area (TPSA) is 76.7 Å². The summed E-state index contributed by atoms with van der Waals surface area (Å²) in [7, 11) is 0. The van der Waals surface area contributed by atoms with Gasteiger partial charge in [0.05, 0.1) is 13.2 Å². The first-order valence-electron chi connectivity index (χ1n) is 7.07. The molecule has 6 nitrogen and oxygen atoms in total. The van der Waals surface area contributed by atoms with E-state index in [4.69, 9.17) is 9.47 Å². The molecule has 0 aliphatic heterocycles. The average molecular weight is 294 g/mol. The number of carbonyl (C=O) groups excluding carboxylic acids is 2. The zero-order valence-electron chi connectivity index (χ0n) is 12.3. The number of alkyl carbamates (subject to hydrolysis) is 1. The summed E-state index contributed by atoms with van der Waals surface area (Å²) >= 11 is 0. The monoisotopic (exact) mass is 294 g/mol. The van der Waals surface area contributed by atoms with Crippen LogP contribution in [0.25, 0.3) is 0 Å². The molecule has 0 heterocycles. The van der Waals surface area contributed by atoms with Crippen LogP contribution in [0.5, 0.6) is 5.75 Å². The van der Waals surface area contributed by atoms with Gasteiger partial charge in [0.15, 0.2) is 0 Å². The van der Waals surface area contributed by atoms with E-state index in [1.807, 2.05) is 30.3 Å². The molecule has 0 fully saturated rings. The lowest BCUT2D eigenvalue weighted by atomic mass is 10.3. The van der Waals surface area contributed by atoms with Crippen molar-refractivity contribution in [2.24, 2.45) is 0 Å². The van der Waals surface area contributed by atoms with Crippen LogP contribution in [-0.2, 0) is 9.53 Å². The third-order valence-electron chi connectivity index (χ3n) is 2.55. The van der Waals surface area contributed by atoms with E-state index in [-0.39, 0.29) is 5.91 Å². The van der Waals surface area contributed by atoms with Gasteiger partial charge in [-0.15, -0.1) is 0 Å². The van der Waals surface area contributed by atoms with Crippen molar-refractivity contribution in [3.8, 4) is 5.75 Å². The van der Waals surface area contributed by atoms with Crippen molar-refractivity contribution in [3.63, 3.8) is 0 Å². The Balaban J connectivity index is 1.98. The molecule has 6 heteroatoms. The Kier molecular flexibility index (Phi) is 8.44. The molecule has 0 spiro atoms. The van der Waals surface area contributed by atoms with Crippen molar-refractivity contribution in [1.82, 2.24) is 10.6 Å². The van der Waals surface area contributed by atoms with Gasteiger partial charge in [0.2, 0.25) is 5.91 Å². The maximum absolute atomic E-state index is 11.5. The summed E-state index contributed by atoms with van der Waals surface area (Å²) in [5, 5.41) is 5.24. The molecule has 0 radical (unpaired) electrons. The fourth-order valence-corrected chi connectivity index (χ4v) is 1.58. The minimum atomic E-state index is -0.469. The van der Waals surface area contributed by atoms with Crippen LogP contribution in [-0.4, -0.2) is 38.3 Å². The lowest BCUT2D eigenvalue weighted by Gasteiger charge is -2.08. The van der Waals surface area contributed by atoms with Crippen molar-refractivity contribution in [3.05, 3.63) is 30.3 Å². The Bertz CT molecular complexity index is 423. The molecule has 116 valence electrons. The van der Waals surface area contributed by atoms with Crippen LogP contribution in [0.1, 0.15) is 19.8 Å². The summed E-state index contributed by atoms with van der Waals surface area (Å²) in [4.78, 5) is 22.5. The minimum Gasteiger partial charge on any atom is -0.494 e. The fourth-order valence-electron chi connectivity index (χ4n) is 1.58. The summed E-state index contributed by atoms with van der Waals surface area (Å²) in [6.45, 7) is 3.30. The maximum atomic E-state index is 11.5. The third-order valence-corrected chi connectivity index (χ3v) is 2.55. The van der Waals surface area contributed by atoms with Gasteiger partial charge in [0.25, 0.3) is 0 Å². The normalized spacial score (nSPS) is 9.76. The fraction of sp³-hybridized carbons (Fsp3) is 0.467. The molecule has 2 N–H and O–H groups in total. The first kappa shape index (κ1) is 16.8. The molecule has 0 saturated carbocycles. The van der Waals surface area contributed by atoms with E-state index < -0.39 is 6.09 Å². The Morgan fingerprint density at radius 2 is 1.81 bits per heavy atom. The summed E-state index contributed by atoms with van der Waals surface area (Å²) in [5.74, 6) is 0.744. The van der Waals surface area contributed by atoms with Crippen LogP contribution in [0.2, 0.25) is 0 Å². The summed E-state index contributed by atoms with van der Waals surface area (Å²) in [6.07, 6.45) is 0.571. The first-order valence-corrected chi connectivity index (χ1v) is 7.07. The van der Waals surface area contributed by atoms with E-state index in [2.05, 4.69) is 10.6 Å².